The van der Waals surface area contributed by atoms with Gasteiger partial charge in [0.1, 0.15) is 0 Å². The summed E-state index contributed by atoms with van der Waals surface area (Å²) >= 11 is 10.6. The highest BCUT2D eigenvalue weighted by Gasteiger charge is 2.04. The van der Waals surface area contributed by atoms with E-state index in [2.05, 4.69) is 23.1 Å². The van der Waals surface area contributed by atoms with Crippen molar-refractivity contribution < 1.29 is 0 Å². The summed E-state index contributed by atoms with van der Waals surface area (Å²) in [6.07, 6.45) is 0. The molecule has 0 aromatic heterocycles. The highest BCUT2D eigenvalue weighted by atomic mass is 35.5. The first-order valence-corrected chi connectivity index (χ1v) is 4.72. The maximum atomic E-state index is 5.93. The molecule has 0 aliphatic carbocycles. The highest BCUT2D eigenvalue weighted by molar-refractivity contribution is 7.80. The quantitative estimate of drug-likeness (QED) is 0.460. The SMILES string of the molecule is NCc1c(Cl)cccc1NNC(N)=S. The van der Waals surface area contributed by atoms with Gasteiger partial charge in [0.15, 0.2) is 5.11 Å². The lowest BCUT2D eigenvalue weighted by atomic mass is 10.2. The van der Waals surface area contributed by atoms with Crippen molar-refractivity contribution in [2.75, 3.05) is 5.43 Å². The largest absolute Gasteiger partial charge is 0.375 e. The van der Waals surface area contributed by atoms with E-state index in [0.29, 0.717) is 11.6 Å². The zero-order chi connectivity index (χ0) is 10.6. The molecule has 1 rings (SSSR count). The van der Waals surface area contributed by atoms with Crippen molar-refractivity contribution in [1.82, 2.24) is 5.43 Å². The van der Waals surface area contributed by atoms with Crippen LogP contribution in [-0.2, 0) is 6.54 Å². The Morgan fingerprint density at radius 2 is 2.21 bits per heavy atom. The molecule has 0 saturated carbocycles. The van der Waals surface area contributed by atoms with Crippen molar-refractivity contribution >= 4 is 34.6 Å². The first-order valence-electron chi connectivity index (χ1n) is 3.94. The Kier molecular flexibility index (Phi) is 3.94. The molecular formula is C8H11ClN4S. The van der Waals surface area contributed by atoms with E-state index in [1.807, 2.05) is 12.1 Å². The lowest BCUT2D eigenvalue weighted by molar-refractivity contribution is 1.04. The van der Waals surface area contributed by atoms with Gasteiger partial charge in [-0.1, -0.05) is 17.7 Å². The van der Waals surface area contributed by atoms with E-state index in [0.717, 1.165) is 11.3 Å². The van der Waals surface area contributed by atoms with Crippen LogP contribution in [0.4, 0.5) is 5.69 Å². The molecule has 4 nitrogen and oxygen atoms in total. The van der Waals surface area contributed by atoms with Crippen LogP contribution in [0, 0.1) is 0 Å². The first-order chi connectivity index (χ1) is 6.65. The normalized spacial score (nSPS) is 9.57. The van der Waals surface area contributed by atoms with Gasteiger partial charge in [-0.2, -0.15) is 0 Å². The maximum Gasteiger partial charge on any atom is 0.182 e. The van der Waals surface area contributed by atoms with Crippen LogP contribution in [0.25, 0.3) is 0 Å². The van der Waals surface area contributed by atoms with Crippen LogP contribution in [0.15, 0.2) is 18.2 Å². The zero-order valence-corrected chi connectivity index (χ0v) is 8.95. The molecule has 0 atom stereocenters. The molecule has 6 heteroatoms. The van der Waals surface area contributed by atoms with Gasteiger partial charge in [0.05, 0.1) is 5.69 Å². The number of nitrogens with one attached hydrogen (secondary N) is 2. The minimum Gasteiger partial charge on any atom is -0.375 e. The number of anilines is 1. The Labute approximate surface area is 92.6 Å². The van der Waals surface area contributed by atoms with Crippen molar-refractivity contribution in [1.29, 1.82) is 0 Å². The summed E-state index contributed by atoms with van der Waals surface area (Å²) < 4.78 is 0. The predicted molar refractivity (Wildman–Crippen MR) is 62.9 cm³/mol. The van der Waals surface area contributed by atoms with Crippen molar-refractivity contribution in [2.24, 2.45) is 11.5 Å². The van der Waals surface area contributed by atoms with E-state index in [1.165, 1.54) is 0 Å². The van der Waals surface area contributed by atoms with Crippen molar-refractivity contribution in [3.63, 3.8) is 0 Å². The van der Waals surface area contributed by atoms with Gasteiger partial charge < -0.3 is 11.5 Å². The summed E-state index contributed by atoms with van der Waals surface area (Å²) in [6, 6.07) is 5.42. The average Bonchev–Trinajstić information content (AvgIpc) is 2.14. The number of halogens is 1. The molecule has 1 aromatic carbocycles. The Hall–Kier alpha value is -1.04. The second-order valence-corrected chi connectivity index (χ2v) is 3.43. The second-order valence-electron chi connectivity index (χ2n) is 2.58. The Bertz CT molecular complexity index is 342. The molecule has 0 aliphatic heterocycles. The third-order valence-electron chi connectivity index (χ3n) is 1.64. The van der Waals surface area contributed by atoms with Crippen molar-refractivity contribution in [3.05, 3.63) is 28.8 Å². The minimum absolute atomic E-state index is 0.160. The molecule has 0 amide bonds. The lowest BCUT2D eigenvalue weighted by Crippen LogP contribution is -2.34. The second kappa shape index (κ2) is 4.99. The molecule has 0 unspecified atom stereocenters. The summed E-state index contributed by atoms with van der Waals surface area (Å²) in [4.78, 5) is 0. The van der Waals surface area contributed by atoms with E-state index in [-0.39, 0.29) is 5.11 Å². The highest BCUT2D eigenvalue weighted by Crippen LogP contribution is 2.22. The van der Waals surface area contributed by atoms with Crippen molar-refractivity contribution in [2.45, 2.75) is 6.54 Å². The van der Waals surface area contributed by atoms with Crippen LogP contribution < -0.4 is 22.3 Å². The Balaban J connectivity index is 2.85. The number of hydrogen-bond donors (Lipinski definition) is 4. The van der Waals surface area contributed by atoms with Crippen LogP contribution in [0.3, 0.4) is 0 Å². The molecule has 76 valence electrons. The van der Waals surface area contributed by atoms with E-state index < -0.39 is 0 Å². The van der Waals surface area contributed by atoms with Crippen LogP contribution in [0.1, 0.15) is 5.56 Å². The monoisotopic (exact) mass is 230 g/mol. The number of hydrogen-bond acceptors (Lipinski definition) is 3. The van der Waals surface area contributed by atoms with Crippen LogP contribution in [-0.4, -0.2) is 5.11 Å². The number of hydrazine groups is 1. The van der Waals surface area contributed by atoms with E-state index in [9.17, 15) is 0 Å². The van der Waals surface area contributed by atoms with Gasteiger partial charge in [-0.05, 0) is 24.4 Å². The van der Waals surface area contributed by atoms with Crippen molar-refractivity contribution in [3.8, 4) is 0 Å². The minimum atomic E-state index is 0.160. The van der Waals surface area contributed by atoms with E-state index in [4.69, 9.17) is 23.1 Å². The maximum absolute atomic E-state index is 5.93. The molecule has 0 radical (unpaired) electrons. The molecule has 1 aromatic rings. The fourth-order valence-corrected chi connectivity index (χ4v) is 1.31. The van der Waals surface area contributed by atoms with Gasteiger partial charge in [-0.25, -0.2) is 0 Å². The summed E-state index contributed by atoms with van der Waals surface area (Å²) in [5, 5.41) is 0.773. The molecular weight excluding hydrogens is 220 g/mol. The summed E-state index contributed by atoms with van der Waals surface area (Å²) in [5.41, 5.74) is 17.8. The molecule has 0 heterocycles. The fourth-order valence-electron chi connectivity index (χ4n) is 1.01. The number of thiocarbonyl (C=S) groups is 1. The molecule has 0 bridgehead atoms. The smallest absolute Gasteiger partial charge is 0.182 e. The third kappa shape index (κ3) is 2.73. The number of rotatable bonds is 3. The number of benzene rings is 1. The van der Waals surface area contributed by atoms with Gasteiger partial charge in [0.2, 0.25) is 0 Å². The molecule has 14 heavy (non-hydrogen) atoms. The van der Waals surface area contributed by atoms with E-state index >= 15 is 0 Å². The standard InChI is InChI=1S/C8H11ClN4S/c9-6-2-1-3-7(5(6)4-10)12-13-8(11)14/h1-3,12H,4,10H2,(H3,11,13,14). The number of nitrogens with two attached hydrogens (primary N) is 2. The topological polar surface area (TPSA) is 76.1 Å². The van der Waals surface area contributed by atoms with Gasteiger partial charge in [-0.15, -0.1) is 0 Å². The first kappa shape index (κ1) is 11.0. The third-order valence-corrected chi connectivity index (χ3v) is 2.10. The molecule has 0 aliphatic rings. The molecule has 0 saturated heterocycles. The summed E-state index contributed by atoms with van der Waals surface area (Å²) in [5.74, 6) is 0. The van der Waals surface area contributed by atoms with Crippen LogP contribution in [0.2, 0.25) is 5.02 Å². The Morgan fingerprint density at radius 3 is 2.79 bits per heavy atom. The van der Waals surface area contributed by atoms with Gasteiger partial charge in [-0.3, -0.25) is 10.9 Å². The summed E-state index contributed by atoms with van der Waals surface area (Å²) in [6.45, 7) is 0.348. The van der Waals surface area contributed by atoms with Gasteiger partial charge >= 0.3 is 0 Å². The van der Waals surface area contributed by atoms with E-state index in [1.54, 1.807) is 6.07 Å². The van der Waals surface area contributed by atoms with Crippen LogP contribution >= 0.6 is 23.8 Å². The summed E-state index contributed by atoms with van der Waals surface area (Å²) in [7, 11) is 0. The lowest BCUT2D eigenvalue weighted by Gasteiger charge is -2.12. The average molecular weight is 231 g/mol. The molecule has 0 spiro atoms. The molecule has 6 N–H and O–H groups in total. The van der Waals surface area contributed by atoms with Crippen LogP contribution in [0.5, 0.6) is 0 Å². The van der Waals surface area contributed by atoms with Gasteiger partial charge in [0, 0.05) is 17.1 Å². The predicted octanol–water partition coefficient (Wildman–Crippen LogP) is 0.959. The Morgan fingerprint density at radius 1 is 1.50 bits per heavy atom. The fraction of sp³-hybridized carbons (Fsp3) is 0.125. The molecule has 0 fully saturated rings. The van der Waals surface area contributed by atoms with Gasteiger partial charge in [0.25, 0.3) is 0 Å². The zero-order valence-electron chi connectivity index (χ0n) is 7.38.